The van der Waals surface area contributed by atoms with E-state index in [1.54, 1.807) is 12.4 Å². The smallest absolute Gasteiger partial charge is 0.271 e. The molecule has 0 aliphatic carbocycles. The van der Waals surface area contributed by atoms with Crippen molar-refractivity contribution in [2.24, 2.45) is 0 Å². The molecule has 0 saturated carbocycles. The van der Waals surface area contributed by atoms with Gasteiger partial charge in [-0.1, -0.05) is 6.07 Å². The number of nitrogens with zero attached hydrogens (tertiary/aromatic N) is 3. The van der Waals surface area contributed by atoms with Crippen LogP contribution in [0.15, 0.2) is 36.8 Å². The molecule has 2 aromatic heterocycles. The molecule has 1 fully saturated rings. The highest BCUT2D eigenvalue weighted by Crippen LogP contribution is 2.10. The molecule has 1 unspecified atom stereocenters. The number of carbonyl (C=O) groups is 1. The van der Waals surface area contributed by atoms with Crippen molar-refractivity contribution in [1.82, 2.24) is 20.3 Å². The van der Waals surface area contributed by atoms with Crippen molar-refractivity contribution in [3.8, 4) is 0 Å². The third kappa shape index (κ3) is 4.46. The SMILES string of the molecule is O=C(NCC1CCCO1)c1cnc(NCc2ccccn2)cn1. The maximum Gasteiger partial charge on any atom is 0.271 e. The fourth-order valence-electron chi connectivity index (χ4n) is 2.32. The molecule has 120 valence electrons. The number of amides is 1. The first-order valence-corrected chi connectivity index (χ1v) is 7.67. The number of rotatable bonds is 6. The lowest BCUT2D eigenvalue weighted by molar-refractivity contribution is 0.0853. The fourth-order valence-corrected chi connectivity index (χ4v) is 2.32. The van der Waals surface area contributed by atoms with Crippen LogP contribution in [0.3, 0.4) is 0 Å². The van der Waals surface area contributed by atoms with Gasteiger partial charge < -0.3 is 15.4 Å². The normalized spacial score (nSPS) is 17.0. The maximum atomic E-state index is 12.0. The van der Waals surface area contributed by atoms with Crippen molar-refractivity contribution in [1.29, 1.82) is 0 Å². The van der Waals surface area contributed by atoms with Gasteiger partial charge in [0.15, 0.2) is 0 Å². The Morgan fingerprint density at radius 3 is 2.91 bits per heavy atom. The summed E-state index contributed by atoms with van der Waals surface area (Å²) in [6.07, 6.45) is 6.91. The summed E-state index contributed by atoms with van der Waals surface area (Å²) in [4.78, 5) is 24.5. The maximum absolute atomic E-state index is 12.0. The third-order valence-electron chi connectivity index (χ3n) is 3.58. The van der Waals surface area contributed by atoms with E-state index in [1.165, 1.54) is 6.20 Å². The predicted octanol–water partition coefficient (Wildman–Crippen LogP) is 1.39. The van der Waals surface area contributed by atoms with Gasteiger partial charge in [0, 0.05) is 19.3 Å². The summed E-state index contributed by atoms with van der Waals surface area (Å²) >= 11 is 0. The molecule has 7 heteroatoms. The second kappa shape index (κ2) is 7.64. The number of hydrogen-bond acceptors (Lipinski definition) is 6. The Kier molecular flexibility index (Phi) is 5.10. The second-order valence-electron chi connectivity index (χ2n) is 5.31. The molecular formula is C16H19N5O2. The summed E-state index contributed by atoms with van der Waals surface area (Å²) < 4.78 is 5.47. The van der Waals surface area contributed by atoms with Crippen LogP contribution < -0.4 is 10.6 Å². The minimum Gasteiger partial charge on any atom is -0.376 e. The summed E-state index contributed by atoms with van der Waals surface area (Å²) in [6, 6.07) is 5.72. The Balaban J connectivity index is 1.49. The number of nitrogens with one attached hydrogen (secondary N) is 2. The molecule has 1 saturated heterocycles. The van der Waals surface area contributed by atoms with Gasteiger partial charge in [0.05, 0.1) is 30.7 Å². The van der Waals surface area contributed by atoms with E-state index in [0.29, 0.717) is 24.6 Å². The number of ether oxygens (including phenoxy) is 1. The van der Waals surface area contributed by atoms with Crippen LogP contribution in [0, 0.1) is 0 Å². The second-order valence-corrected chi connectivity index (χ2v) is 5.31. The van der Waals surface area contributed by atoms with Gasteiger partial charge in [-0.2, -0.15) is 0 Å². The number of aromatic nitrogens is 3. The average Bonchev–Trinajstić information content (AvgIpc) is 3.13. The summed E-state index contributed by atoms with van der Waals surface area (Å²) in [5.41, 5.74) is 1.21. The fraction of sp³-hybridized carbons (Fsp3) is 0.375. The molecule has 3 heterocycles. The van der Waals surface area contributed by atoms with Crippen molar-refractivity contribution in [2.45, 2.75) is 25.5 Å². The summed E-state index contributed by atoms with van der Waals surface area (Å²) in [6.45, 7) is 1.84. The first kappa shape index (κ1) is 15.4. The zero-order chi connectivity index (χ0) is 15.9. The Labute approximate surface area is 134 Å². The molecule has 0 spiro atoms. The summed E-state index contributed by atoms with van der Waals surface area (Å²) in [7, 11) is 0. The van der Waals surface area contributed by atoms with E-state index in [1.807, 2.05) is 18.2 Å². The lowest BCUT2D eigenvalue weighted by Gasteiger charge is -2.10. The van der Waals surface area contributed by atoms with Crippen molar-refractivity contribution in [3.05, 3.63) is 48.2 Å². The highest BCUT2D eigenvalue weighted by Gasteiger charge is 2.17. The molecule has 1 atom stereocenters. The van der Waals surface area contributed by atoms with Gasteiger partial charge in [-0.05, 0) is 25.0 Å². The van der Waals surface area contributed by atoms with Crippen LogP contribution in [-0.4, -0.2) is 40.1 Å². The van der Waals surface area contributed by atoms with Gasteiger partial charge in [-0.15, -0.1) is 0 Å². The molecule has 2 N–H and O–H groups in total. The van der Waals surface area contributed by atoms with Gasteiger partial charge in [0.1, 0.15) is 11.5 Å². The van der Waals surface area contributed by atoms with Gasteiger partial charge in [-0.3, -0.25) is 9.78 Å². The van der Waals surface area contributed by atoms with E-state index in [-0.39, 0.29) is 12.0 Å². The van der Waals surface area contributed by atoms with Crippen LogP contribution in [-0.2, 0) is 11.3 Å². The Morgan fingerprint density at radius 1 is 1.26 bits per heavy atom. The molecule has 7 nitrogen and oxygen atoms in total. The van der Waals surface area contributed by atoms with E-state index in [9.17, 15) is 4.79 Å². The zero-order valence-electron chi connectivity index (χ0n) is 12.7. The molecular weight excluding hydrogens is 294 g/mol. The molecule has 0 aromatic carbocycles. The molecule has 1 aliphatic heterocycles. The Hall–Kier alpha value is -2.54. The standard InChI is InChI=1S/C16H19N5O2/c22-16(21-9-13-5-3-7-23-13)14-10-20-15(11-18-14)19-8-12-4-1-2-6-17-12/h1-2,4,6,10-11,13H,3,5,7-9H2,(H,19,20)(H,21,22). The molecule has 3 rings (SSSR count). The quantitative estimate of drug-likeness (QED) is 0.838. The number of carbonyl (C=O) groups excluding carboxylic acids is 1. The molecule has 0 radical (unpaired) electrons. The molecule has 23 heavy (non-hydrogen) atoms. The third-order valence-corrected chi connectivity index (χ3v) is 3.58. The number of hydrogen-bond donors (Lipinski definition) is 2. The highest BCUT2D eigenvalue weighted by molar-refractivity contribution is 5.92. The van der Waals surface area contributed by atoms with Gasteiger partial charge in [0.25, 0.3) is 5.91 Å². The van der Waals surface area contributed by atoms with Crippen molar-refractivity contribution < 1.29 is 9.53 Å². The lowest BCUT2D eigenvalue weighted by atomic mass is 10.2. The van der Waals surface area contributed by atoms with Crippen LogP contribution in [0.25, 0.3) is 0 Å². The largest absolute Gasteiger partial charge is 0.376 e. The monoisotopic (exact) mass is 313 g/mol. The van der Waals surface area contributed by atoms with Crippen molar-refractivity contribution >= 4 is 11.7 Å². The minimum atomic E-state index is -0.232. The minimum absolute atomic E-state index is 0.117. The molecule has 0 bridgehead atoms. The highest BCUT2D eigenvalue weighted by atomic mass is 16.5. The molecule has 1 amide bonds. The topological polar surface area (TPSA) is 89.0 Å². The van der Waals surface area contributed by atoms with Gasteiger partial charge in [-0.25, -0.2) is 9.97 Å². The lowest BCUT2D eigenvalue weighted by Crippen LogP contribution is -2.32. The van der Waals surface area contributed by atoms with Crippen LogP contribution in [0.5, 0.6) is 0 Å². The summed E-state index contributed by atoms with van der Waals surface area (Å²) in [5.74, 6) is 0.371. The van der Waals surface area contributed by atoms with E-state index in [4.69, 9.17) is 4.74 Å². The van der Waals surface area contributed by atoms with Crippen molar-refractivity contribution in [3.63, 3.8) is 0 Å². The van der Waals surface area contributed by atoms with E-state index >= 15 is 0 Å². The predicted molar refractivity (Wildman–Crippen MR) is 84.9 cm³/mol. The van der Waals surface area contributed by atoms with Gasteiger partial charge in [0.2, 0.25) is 0 Å². The summed E-state index contributed by atoms with van der Waals surface area (Å²) in [5, 5.41) is 5.94. The average molecular weight is 313 g/mol. The molecule has 2 aromatic rings. The first-order valence-electron chi connectivity index (χ1n) is 7.67. The van der Waals surface area contributed by atoms with Gasteiger partial charge >= 0.3 is 0 Å². The molecule has 1 aliphatic rings. The Bertz CT molecular complexity index is 627. The van der Waals surface area contributed by atoms with E-state index < -0.39 is 0 Å². The Morgan fingerprint density at radius 2 is 2.22 bits per heavy atom. The van der Waals surface area contributed by atoms with Crippen LogP contribution >= 0.6 is 0 Å². The van der Waals surface area contributed by atoms with Crippen LogP contribution in [0.4, 0.5) is 5.82 Å². The van der Waals surface area contributed by atoms with E-state index in [2.05, 4.69) is 25.6 Å². The number of pyridine rings is 1. The number of anilines is 1. The van der Waals surface area contributed by atoms with Crippen LogP contribution in [0.2, 0.25) is 0 Å². The van der Waals surface area contributed by atoms with Crippen LogP contribution in [0.1, 0.15) is 29.0 Å². The zero-order valence-corrected chi connectivity index (χ0v) is 12.7. The first-order chi connectivity index (χ1) is 11.3. The van der Waals surface area contributed by atoms with E-state index in [0.717, 1.165) is 25.1 Å². The van der Waals surface area contributed by atoms with Crippen molar-refractivity contribution in [2.75, 3.05) is 18.5 Å².